The molecule has 1 heterocycles. The number of sulfonamides is 1. The van der Waals surface area contributed by atoms with Crippen LogP contribution in [0.15, 0.2) is 17.0 Å². The molecule has 1 aliphatic heterocycles. The van der Waals surface area contributed by atoms with Gasteiger partial charge in [0.15, 0.2) is 0 Å². The maximum absolute atomic E-state index is 13.4. The van der Waals surface area contributed by atoms with Gasteiger partial charge in [0.1, 0.15) is 10.7 Å². The zero-order valence-electron chi connectivity index (χ0n) is 11.9. The normalized spacial score (nSPS) is 20.1. The van der Waals surface area contributed by atoms with E-state index in [2.05, 4.69) is 5.32 Å². The molecule has 1 atom stereocenters. The summed E-state index contributed by atoms with van der Waals surface area (Å²) in [5.41, 5.74) is 0.273. The SMILES string of the molecule is CNC1CCCN(S(=O)(=O)c2cc(C)c(F)cc2Cl)C1.Cl. The minimum Gasteiger partial charge on any atom is -0.316 e. The van der Waals surface area contributed by atoms with E-state index in [1.54, 1.807) is 0 Å². The summed E-state index contributed by atoms with van der Waals surface area (Å²) in [6.07, 6.45) is 1.74. The Morgan fingerprint density at radius 1 is 1.43 bits per heavy atom. The van der Waals surface area contributed by atoms with E-state index < -0.39 is 15.8 Å². The molecule has 1 fully saturated rings. The van der Waals surface area contributed by atoms with Crippen LogP contribution in [0.2, 0.25) is 5.02 Å². The highest BCUT2D eigenvalue weighted by atomic mass is 35.5. The van der Waals surface area contributed by atoms with Gasteiger partial charge in [0.2, 0.25) is 10.0 Å². The number of nitrogens with zero attached hydrogens (tertiary/aromatic N) is 1. The van der Waals surface area contributed by atoms with Crippen molar-refractivity contribution in [1.82, 2.24) is 9.62 Å². The lowest BCUT2D eigenvalue weighted by Gasteiger charge is -2.32. The first-order valence-corrected chi connectivity index (χ1v) is 8.31. The minimum absolute atomic E-state index is 0. The van der Waals surface area contributed by atoms with Gasteiger partial charge in [-0.3, -0.25) is 0 Å². The summed E-state index contributed by atoms with van der Waals surface area (Å²) < 4.78 is 40.1. The van der Waals surface area contributed by atoms with E-state index in [4.69, 9.17) is 11.6 Å². The Bertz CT molecular complexity index is 610. The van der Waals surface area contributed by atoms with E-state index in [1.165, 1.54) is 17.3 Å². The Kier molecular flexibility index (Phi) is 6.43. The van der Waals surface area contributed by atoms with Gasteiger partial charge in [0.05, 0.1) is 5.02 Å². The first-order valence-electron chi connectivity index (χ1n) is 6.49. The van der Waals surface area contributed by atoms with E-state index in [-0.39, 0.29) is 33.9 Å². The van der Waals surface area contributed by atoms with Gasteiger partial charge >= 0.3 is 0 Å². The second-order valence-electron chi connectivity index (χ2n) is 5.02. The van der Waals surface area contributed by atoms with Crippen molar-refractivity contribution in [3.63, 3.8) is 0 Å². The van der Waals surface area contributed by atoms with Crippen LogP contribution >= 0.6 is 24.0 Å². The van der Waals surface area contributed by atoms with Crippen molar-refractivity contribution >= 4 is 34.0 Å². The van der Waals surface area contributed by atoms with E-state index in [0.717, 1.165) is 18.9 Å². The Morgan fingerprint density at radius 2 is 2.10 bits per heavy atom. The molecule has 0 saturated carbocycles. The van der Waals surface area contributed by atoms with E-state index >= 15 is 0 Å². The number of halogens is 3. The molecule has 1 aromatic carbocycles. The summed E-state index contributed by atoms with van der Waals surface area (Å²) in [5.74, 6) is -0.499. The predicted octanol–water partition coefficient (Wildman–Crippen LogP) is 2.58. The average molecular weight is 357 g/mol. The van der Waals surface area contributed by atoms with E-state index in [9.17, 15) is 12.8 Å². The van der Waals surface area contributed by atoms with Crippen molar-refractivity contribution in [2.45, 2.75) is 30.7 Å². The number of aryl methyl sites for hydroxylation is 1. The van der Waals surface area contributed by atoms with Gasteiger partial charge in [-0.25, -0.2) is 12.8 Å². The van der Waals surface area contributed by atoms with Crippen LogP contribution in [-0.2, 0) is 10.0 Å². The lowest BCUT2D eigenvalue weighted by Crippen LogP contribution is -2.46. The first kappa shape index (κ1) is 18.6. The molecule has 21 heavy (non-hydrogen) atoms. The zero-order valence-corrected chi connectivity index (χ0v) is 14.3. The lowest BCUT2D eigenvalue weighted by atomic mass is 10.1. The molecule has 1 aromatic rings. The standard InChI is InChI=1S/C13H18ClFN2O2S.ClH/c1-9-6-13(11(14)7-12(9)15)20(18,19)17-5-3-4-10(8-17)16-2;/h6-7,10,16H,3-5,8H2,1-2H3;1H. The fourth-order valence-corrected chi connectivity index (χ4v) is 4.46. The third-order valence-corrected chi connectivity index (χ3v) is 5.95. The highest BCUT2D eigenvalue weighted by Crippen LogP contribution is 2.29. The van der Waals surface area contributed by atoms with Gasteiger partial charge in [0.25, 0.3) is 0 Å². The van der Waals surface area contributed by atoms with Crippen molar-refractivity contribution in [2.24, 2.45) is 0 Å². The van der Waals surface area contributed by atoms with Crippen LogP contribution in [0.1, 0.15) is 18.4 Å². The molecule has 0 bridgehead atoms. The molecule has 8 heteroatoms. The molecule has 1 aliphatic rings. The van der Waals surface area contributed by atoms with Crippen molar-refractivity contribution in [3.05, 3.63) is 28.5 Å². The Morgan fingerprint density at radius 3 is 2.71 bits per heavy atom. The number of piperidine rings is 1. The van der Waals surface area contributed by atoms with Gasteiger partial charge < -0.3 is 5.32 Å². The molecule has 2 rings (SSSR count). The third kappa shape index (κ3) is 3.87. The zero-order chi connectivity index (χ0) is 14.9. The number of nitrogens with one attached hydrogen (secondary N) is 1. The summed E-state index contributed by atoms with van der Waals surface area (Å²) in [4.78, 5) is -0.0187. The predicted molar refractivity (Wildman–Crippen MR) is 84.2 cm³/mol. The van der Waals surface area contributed by atoms with Crippen LogP contribution in [0.4, 0.5) is 4.39 Å². The van der Waals surface area contributed by atoms with Crippen LogP contribution in [-0.4, -0.2) is 38.9 Å². The highest BCUT2D eigenvalue weighted by Gasteiger charge is 2.31. The number of hydrogen-bond donors (Lipinski definition) is 1. The summed E-state index contributed by atoms with van der Waals surface area (Å²) in [6.45, 7) is 2.40. The fourth-order valence-electron chi connectivity index (χ4n) is 2.36. The molecule has 1 unspecified atom stereocenters. The van der Waals surface area contributed by atoms with Crippen molar-refractivity contribution in [3.8, 4) is 0 Å². The molecule has 120 valence electrons. The summed E-state index contributed by atoms with van der Waals surface area (Å²) in [6, 6.07) is 2.50. The summed E-state index contributed by atoms with van der Waals surface area (Å²) >= 11 is 5.91. The van der Waals surface area contributed by atoms with E-state index in [0.29, 0.717) is 13.1 Å². The summed E-state index contributed by atoms with van der Waals surface area (Å²) in [7, 11) is -1.86. The molecule has 0 radical (unpaired) electrons. The van der Waals surface area contributed by atoms with Gasteiger partial charge in [-0.1, -0.05) is 11.6 Å². The average Bonchev–Trinajstić information content (AvgIpc) is 2.42. The van der Waals surface area contributed by atoms with Gasteiger partial charge in [-0.05, 0) is 44.5 Å². The molecular formula is C13H19Cl2FN2O2S. The molecule has 0 aromatic heterocycles. The fraction of sp³-hybridized carbons (Fsp3) is 0.538. The molecule has 0 amide bonds. The quantitative estimate of drug-likeness (QED) is 0.905. The first-order chi connectivity index (χ1) is 9.36. The molecule has 1 N–H and O–H groups in total. The van der Waals surface area contributed by atoms with Crippen molar-refractivity contribution in [2.75, 3.05) is 20.1 Å². The van der Waals surface area contributed by atoms with Gasteiger partial charge in [0, 0.05) is 19.1 Å². The van der Waals surface area contributed by atoms with Crippen molar-refractivity contribution < 1.29 is 12.8 Å². The maximum atomic E-state index is 13.4. The maximum Gasteiger partial charge on any atom is 0.244 e. The second kappa shape index (κ2) is 7.24. The second-order valence-corrected chi connectivity index (χ2v) is 7.34. The van der Waals surface area contributed by atoms with Crippen LogP contribution in [0.25, 0.3) is 0 Å². The van der Waals surface area contributed by atoms with Crippen molar-refractivity contribution in [1.29, 1.82) is 0 Å². The van der Waals surface area contributed by atoms with Gasteiger partial charge in [-0.15, -0.1) is 12.4 Å². The molecule has 0 spiro atoms. The number of likely N-dealkylation sites (N-methyl/N-ethyl adjacent to an activating group) is 1. The minimum atomic E-state index is -3.68. The van der Waals surface area contributed by atoms with Gasteiger partial charge in [-0.2, -0.15) is 4.31 Å². The number of hydrogen-bond acceptors (Lipinski definition) is 3. The molecular weight excluding hydrogens is 338 g/mol. The van der Waals surface area contributed by atoms with Crippen LogP contribution in [0.3, 0.4) is 0 Å². The Labute approximate surface area is 136 Å². The third-order valence-electron chi connectivity index (χ3n) is 3.62. The number of rotatable bonds is 3. The van der Waals surface area contributed by atoms with E-state index in [1.807, 2.05) is 7.05 Å². The highest BCUT2D eigenvalue weighted by molar-refractivity contribution is 7.89. The van der Waals surface area contributed by atoms with Crippen LogP contribution < -0.4 is 5.32 Å². The monoisotopic (exact) mass is 356 g/mol. The molecule has 4 nitrogen and oxygen atoms in total. The topological polar surface area (TPSA) is 49.4 Å². The smallest absolute Gasteiger partial charge is 0.244 e. The lowest BCUT2D eigenvalue weighted by molar-refractivity contribution is 0.293. The largest absolute Gasteiger partial charge is 0.316 e. The Hall–Kier alpha value is -0.400. The van der Waals surface area contributed by atoms with Crippen LogP contribution in [0, 0.1) is 12.7 Å². The van der Waals surface area contributed by atoms with Crippen LogP contribution in [0.5, 0.6) is 0 Å². The molecule has 1 saturated heterocycles. The summed E-state index contributed by atoms with van der Waals surface area (Å²) in [5, 5.41) is 3.02. The number of benzene rings is 1. The Balaban J connectivity index is 0.00000220. The molecule has 0 aliphatic carbocycles.